The monoisotopic (exact) mass is 417 g/mol. The number of sulfone groups is 1. The number of hydrogen-bond donors (Lipinski definition) is 1. The van der Waals surface area contributed by atoms with Crippen LogP contribution >= 0.6 is 12.4 Å². The van der Waals surface area contributed by atoms with Crippen LogP contribution in [0.4, 0.5) is 0 Å². The van der Waals surface area contributed by atoms with Gasteiger partial charge in [-0.25, -0.2) is 16.8 Å². The molecule has 0 aliphatic carbocycles. The van der Waals surface area contributed by atoms with Gasteiger partial charge in [-0.15, -0.1) is 12.4 Å². The highest BCUT2D eigenvalue weighted by Gasteiger charge is 2.34. The van der Waals surface area contributed by atoms with Gasteiger partial charge >= 0.3 is 0 Å². The third-order valence-electron chi connectivity index (χ3n) is 4.10. The topological polar surface area (TPSA) is 96.4 Å². The molecule has 0 radical (unpaired) electrons. The van der Waals surface area contributed by atoms with Crippen molar-refractivity contribution in [3.05, 3.63) is 54.4 Å². The molecule has 26 heavy (non-hydrogen) atoms. The molecule has 2 aromatic rings. The lowest BCUT2D eigenvalue weighted by atomic mass is 10.1. The predicted octanol–water partition coefficient (Wildman–Crippen LogP) is 1.24. The van der Waals surface area contributed by atoms with Gasteiger partial charge in [-0.05, 0) is 29.8 Å². The Morgan fingerprint density at radius 2 is 1.85 bits per heavy atom. The van der Waals surface area contributed by atoms with E-state index in [9.17, 15) is 16.8 Å². The minimum absolute atomic E-state index is 0. The zero-order valence-electron chi connectivity index (χ0n) is 14.1. The highest BCUT2D eigenvalue weighted by molar-refractivity contribution is 7.91. The van der Waals surface area contributed by atoms with Crippen LogP contribution in [-0.4, -0.2) is 52.0 Å². The lowest BCUT2D eigenvalue weighted by molar-refractivity contribution is 0.271. The molecule has 1 atom stereocenters. The Kier molecular flexibility index (Phi) is 6.41. The number of nitrogens with one attached hydrogen (secondary N) is 1. The molecular weight excluding hydrogens is 398 g/mol. The van der Waals surface area contributed by atoms with Gasteiger partial charge in [0, 0.05) is 38.3 Å². The van der Waals surface area contributed by atoms with E-state index in [1.54, 1.807) is 18.5 Å². The molecule has 0 saturated carbocycles. The van der Waals surface area contributed by atoms with Gasteiger partial charge < -0.3 is 5.32 Å². The van der Waals surface area contributed by atoms with Crippen molar-refractivity contribution in [1.29, 1.82) is 0 Å². The fourth-order valence-corrected chi connectivity index (χ4v) is 5.23. The normalized spacial score (nSPS) is 18.9. The molecule has 142 valence electrons. The number of rotatable bonds is 4. The molecule has 1 saturated heterocycles. The molecule has 1 aromatic carbocycles. The van der Waals surface area contributed by atoms with Crippen LogP contribution in [0.1, 0.15) is 11.6 Å². The number of aromatic nitrogens is 1. The largest absolute Gasteiger partial charge is 0.313 e. The Hall–Kier alpha value is -1.52. The van der Waals surface area contributed by atoms with Crippen LogP contribution in [0.5, 0.6) is 0 Å². The minimum atomic E-state index is -3.84. The molecule has 10 heteroatoms. The van der Waals surface area contributed by atoms with Gasteiger partial charge in [0.1, 0.15) is 0 Å². The summed E-state index contributed by atoms with van der Waals surface area (Å²) in [5, 5.41) is 3.19. The second kappa shape index (κ2) is 8.01. The van der Waals surface area contributed by atoms with Crippen LogP contribution in [-0.2, 0) is 19.9 Å². The van der Waals surface area contributed by atoms with Crippen LogP contribution in [0, 0.1) is 0 Å². The van der Waals surface area contributed by atoms with Crippen LogP contribution in [0.25, 0.3) is 0 Å². The quantitative estimate of drug-likeness (QED) is 0.804. The Bertz CT molecular complexity index is 966. The van der Waals surface area contributed by atoms with Crippen molar-refractivity contribution >= 4 is 32.3 Å². The Balaban J connectivity index is 0.00000243. The molecule has 0 bridgehead atoms. The molecule has 7 nitrogen and oxygen atoms in total. The van der Waals surface area contributed by atoms with Crippen molar-refractivity contribution in [3.63, 3.8) is 0 Å². The van der Waals surface area contributed by atoms with E-state index in [2.05, 4.69) is 10.3 Å². The lowest BCUT2D eigenvalue weighted by Gasteiger charge is -2.35. The van der Waals surface area contributed by atoms with E-state index in [4.69, 9.17) is 0 Å². The van der Waals surface area contributed by atoms with E-state index < -0.39 is 25.9 Å². The zero-order chi connectivity index (χ0) is 18.1. The second-order valence-electron chi connectivity index (χ2n) is 5.87. The second-order valence-corrected chi connectivity index (χ2v) is 9.78. The summed E-state index contributed by atoms with van der Waals surface area (Å²) in [5.41, 5.74) is 0.789. The lowest BCUT2D eigenvalue weighted by Crippen LogP contribution is -2.48. The van der Waals surface area contributed by atoms with Crippen molar-refractivity contribution in [2.45, 2.75) is 15.8 Å². The molecule has 1 aliphatic rings. The SMILES string of the molecule is CS(=O)(=O)c1cccc(S(=O)(=O)N2CCNCC2c2cccnc2)c1.Cl. The number of halogens is 1. The first-order chi connectivity index (χ1) is 11.8. The van der Waals surface area contributed by atoms with E-state index >= 15 is 0 Å². The van der Waals surface area contributed by atoms with Crippen molar-refractivity contribution in [1.82, 2.24) is 14.6 Å². The number of piperazine rings is 1. The summed E-state index contributed by atoms with van der Waals surface area (Å²) < 4.78 is 51.2. The molecule has 1 N–H and O–H groups in total. The van der Waals surface area contributed by atoms with E-state index in [1.165, 1.54) is 28.6 Å². The first kappa shape index (κ1) is 20.8. The van der Waals surface area contributed by atoms with E-state index in [0.717, 1.165) is 11.8 Å². The van der Waals surface area contributed by atoms with Crippen molar-refractivity contribution in [2.75, 3.05) is 25.9 Å². The van der Waals surface area contributed by atoms with Gasteiger partial charge in [-0.1, -0.05) is 12.1 Å². The zero-order valence-corrected chi connectivity index (χ0v) is 16.5. The molecule has 0 amide bonds. The maximum Gasteiger partial charge on any atom is 0.243 e. The minimum Gasteiger partial charge on any atom is -0.313 e. The first-order valence-corrected chi connectivity index (χ1v) is 11.1. The van der Waals surface area contributed by atoms with Crippen molar-refractivity contribution < 1.29 is 16.8 Å². The maximum absolute atomic E-state index is 13.1. The van der Waals surface area contributed by atoms with Crippen molar-refractivity contribution in [2.24, 2.45) is 0 Å². The molecule has 1 unspecified atom stereocenters. The fraction of sp³-hybridized carbons (Fsp3) is 0.312. The number of nitrogens with zero attached hydrogens (tertiary/aromatic N) is 2. The molecule has 1 aromatic heterocycles. The molecule has 0 spiro atoms. The van der Waals surface area contributed by atoms with Crippen LogP contribution < -0.4 is 5.32 Å². The Morgan fingerprint density at radius 1 is 1.12 bits per heavy atom. The summed E-state index contributed by atoms with van der Waals surface area (Å²) in [6, 6.07) is 8.68. The molecule has 1 aliphatic heterocycles. The number of hydrogen-bond acceptors (Lipinski definition) is 6. The maximum atomic E-state index is 13.1. The molecule has 1 fully saturated rings. The van der Waals surface area contributed by atoms with Gasteiger partial charge in [-0.2, -0.15) is 4.31 Å². The summed E-state index contributed by atoms with van der Waals surface area (Å²) in [6.45, 7) is 1.30. The summed E-state index contributed by atoms with van der Waals surface area (Å²) in [6.07, 6.45) is 4.34. The summed E-state index contributed by atoms with van der Waals surface area (Å²) >= 11 is 0. The van der Waals surface area contributed by atoms with Gasteiger partial charge in [-0.3, -0.25) is 4.98 Å². The smallest absolute Gasteiger partial charge is 0.243 e. The number of pyridine rings is 1. The highest BCUT2D eigenvalue weighted by Crippen LogP contribution is 2.29. The molecule has 2 heterocycles. The molecular formula is C16H20ClN3O4S2. The van der Waals surface area contributed by atoms with E-state index in [-0.39, 0.29) is 22.2 Å². The van der Waals surface area contributed by atoms with Gasteiger partial charge in [0.25, 0.3) is 0 Å². The fourth-order valence-electron chi connectivity index (χ4n) is 2.83. The number of benzene rings is 1. The van der Waals surface area contributed by atoms with E-state index in [0.29, 0.717) is 19.6 Å². The van der Waals surface area contributed by atoms with Gasteiger partial charge in [0.15, 0.2) is 9.84 Å². The van der Waals surface area contributed by atoms with Gasteiger partial charge in [0.2, 0.25) is 10.0 Å². The predicted molar refractivity (Wildman–Crippen MR) is 101 cm³/mol. The van der Waals surface area contributed by atoms with E-state index in [1.807, 2.05) is 6.07 Å². The van der Waals surface area contributed by atoms with Crippen LogP contribution in [0.3, 0.4) is 0 Å². The third kappa shape index (κ3) is 4.24. The first-order valence-electron chi connectivity index (χ1n) is 7.73. The highest BCUT2D eigenvalue weighted by atomic mass is 35.5. The standard InChI is InChI=1S/C16H19N3O4S2.ClH/c1-24(20,21)14-5-2-6-15(10-14)25(22,23)19-9-8-18-12-16(19)13-4-3-7-17-11-13;/h2-7,10-11,16,18H,8-9,12H2,1H3;1H. The molecule has 3 rings (SSSR count). The summed E-state index contributed by atoms with van der Waals surface area (Å²) in [7, 11) is -7.33. The summed E-state index contributed by atoms with van der Waals surface area (Å²) in [5.74, 6) is 0. The number of sulfonamides is 1. The average Bonchev–Trinajstić information content (AvgIpc) is 2.62. The average molecular weight is 418 g/mol. The van der Waals surface area contributed by atoms with Crippen LogP contribution in [0.2, 0.25) is 0 Å². The Labute approximate surface area is 159 Å². The van der Waals surface area contributed by atoms with Gasteiger partial charge in [0.05, 0.1) is 15.8 Å². The van der Waals surface area contributed by atoms with Crippen molar-refractivity contribution in [3.8, 4) is 0 Å². The van der Waals surface area contributed by atoms with Crippen LogP contribution in [0.15, 0.2) is 58.6 Å². The summed E-state index contributed by atoms with van der Waals surface area (Å²) in [4.78, 5) is 4.03. The third-order valence-corrected chi connectivity index (χ3v) is 7.12. The Morgan fingerprint density at radius 3 is 2.50 bits per heavy atom.